The molecular formula is C19H21BrN2O3. The zero-order valence-electron chi connectivity index (χ0n) is 14.4. The first-order valence-electron chi connectivity index (χ1n) is 8.06. The van der Waals surface area contributed by atoms with Crippen molar-refractivity contribution >= 4 is 39.1 Å². The first kappa shape index (κ1) is 19.0. The first-order valence-corrected chi connectivity index (χ1v) is 8.85. The van der Waals surface area contributed by atoms with Crippen LogP contribution in [-0.2, 0) is 4.79 Å². The minimum Gasteiger partial charge on any atom is -0.490 e. The van der Waals surface area contributed by atoms with Crippen LogP contribution in [0.1, 0.15) is 37.6 Å². The lowest BCUT2D eigenvalue weighted by molar-refractivity contribution is -0.115. The number of carbonyl (C=O) groups excluding carboxylic acids is 2. The molecule has 0 spiro atoms. The summed E-state index contributed by atoms with van der Waals surface area (Å²) < 4.78 is 6.50. The summed E-state index contributed by atoms with van der Waals surface area (Å²) in [6.45, 7) is 5.61. The number of hydrogen-bond donors (Lipinski definition) is 2. The van der Waals surface area contributed by atoms with Gasteiger partial charge in [0.1, 0.15) is 5.75 Å². The number of nitrogens with one attached hydrogen (secondary N) is 2. The molecule has 0 fully saturated rings. The maximum atomic E-state index is 12.6. The summed E-state index contributed by atoms with van der Waals surface area (Å²) in [5, 5.41) is 5.61. The molecule has 2 aromatic rings. The Morgan fingerprint density at radius 2 is 1.64 bits per heavy atom. The molecule has 0 unspecified atom stereocenters. The van der Waals surface area contributed by atoms with Gasteiger partial charge in [0.05, 0.1) is 11.7 Å². The van der Waals surface area contributed by atoms with Crippen LogP contribution in [0.5, 0.6) is 5.75 Å². The standard InChI is InChI=1S/C19H21BrN2O3/c1-4-18(23)21-14-6-8-15(9-7-14)22-19(24)16-11-13(20)5-10-17(16)25-12(2)3/h5-12H,4H2,1-3H3,(H,21,23)(H,22,24). The van der Waals surface area contributed by atoms with E-state index in [9.17, 15) is 9.59 Å². The normalized spacial score (nSPS) is 10.4. The number of ether oxygens (including phenoxy) is 1. The largest absolute Gasteiger partial charge is 0.490 e. The van der Waals surface area contributed by atoms with E-state index in [4.69, 9.17) is 4.74 Å². The Bertz CT molecular complexity index is 758. The van der Waals surface area contributed by atoms with Crippen LogP contribution >= 0.6 is 15.9 Å². The Kier molecular flexibility index (Phi) is 6.58. The Morgan fingerprint density at radius 3 is 2.20 bits per heavy atom. The highest BCUT2D eigenvalue weighted by molar-refractivity contribution is 9.10. The first-order chi connectivity index (χ1) is 11.9. The third kappa shape index (κ3) is 5.60. The molecule has 5 nitrogen and oxygen atoms in total. The fourth-order valence-corrected chi connectivity index (χ4v) is 2.48. The van der Waals surface area contributed by atoms with E-state index in [1.807, 2.05) is 19.9 Å². The molecule has 0 saturated heterocycles. The molecule has 0 aromatic heterocycles. The van der Waals surface area contributed by atoms with Crippen LogP contribution < -0.4 is 15.4 Å². The number of amides is 2. The van der Waals surface area contributed by atoms with Crippen molar-refractivity contribution in [2.75, 3.05) is 10.6 Å². The van der Waals surface area contributed by atoms with Crippen molar-refractivity contribution in [2.45, 2.75) is 33.3 Å². The van der Waals surface area contributed by atoms with Gasteiger partial charge < -0.3 is 15.4 Å². The Morgan fingerprint density at radius 1 is 1.04 bits per heavy atom. The zero-order valence-corrected chi connectivity index (χ0v) is 16.0. The molecule has 2 N–H and O–H groups in total. The van der Waals surface area contributed by atoms with Gasteiger partial charge in [-0.2, -0.15) is 0 Å². The minimum absolute atomic E-state index is 0.0332. The second kappa shape index (κ2) is 8.67. The fraction of sp³-hybridized carbons (Fsp3) is 0.263. The number of benzene rings is 2. The van der Waals surface area contributed by atoms with Gasteiger partial charge in [0.25, 0.3) is 5.91 Å². The monoisotopic (exact) mass is 404 g/mol. The number of rotatable bonds is 6. The summed E-state index contributed by atoms with van der Waals surface area (Å²) >= 11 is 3.38. The Labute approximate surface area is 155 Å². The number of carbonyl (C=O) groups is 2. The SMILES string of the molecule is CCC(=O)Nc1ccc(NC(=O)c2cc(Br)ccc2OC(C)C)cc1. The molecule has 0 aliphatic heterocycles. The lowest BCUT2D eigenvalue weighted by Gasteiger charge is -2.15. The van der Waals surface area contributed by atoms with Gasteiger partial charge in [-0.15, -0.1) is 0 Å². The van der Waals surface area contributed by atoms with Crippen molar-refractivity contribution in [1.29, 1.82) is 0 Å². The second-order valence-corrected chi connectivity index (χ2v) is 6.66. The number of hydrogen-bond acceptors (Lipinski definition) is 3. The molecule has 2 rings (SSSR count). The van der Waals surface area contributed by atoms with E-state index in [2.05, 4.69) is 26.6 Å². The fourth-order valence-electron chi connectivity index (χ4n) is 2.12. The predicted octanol–water partition coefficient (Wildman–Crippen LogP) is 4.84. The Balaban J connectivity index is 2.14. The van der Waals surface area contributed by atoms with Crippen molar-refractivity contribution in [3.8, 4) is 5.75 Å². The van der Waals surface area contributed by atoms with Crippen LogP contribution in [0.15, 0.2) is 46.9 Å². The Hall–Kier alpha value is -2.34. The number of halogens is 1. The smallest absolute Gasteiger partial charge is 0.259 e. The van der Waals surface area contributed by atoms with E-state index in [0.717, 1.165) is 4.47 Å². The molecule has 25 heavy (non-hydrogen) atoms. The second-order valence-electron chi connectivity index (χ2n) is 5.74. The molecule has 0 aliphatic carbocycles. The zero-order chi connectivity index (χ0) is 18.4. The molecular weight excluding hydrogens is 384 g/mol. The van der Waals surface area contributed by atoms with Gasteiger partial charge in [-0.05, 0) is 56.3 Å². The highest BCUT2D eigenvalue weighted by Gasteiger charge is 2.15. The molecule has 132 valence electrons. The summed E-state index contributed by atoms with van der Waals surface area (Å²) in [5.41, 5.74) is 1.78. The molecule has 0 atom stereocenters. The van der Waals surface area contributed by atoms with Crippen LogP contribution in [0, 0.1) is 0 Å². The van der Waals surface area contributed by atoms with E-state index in [1.54, 1.807) is 43.3 Å². The van der Waals surface area contributed by atoms with Crippen LogP contribution in [0.25, 0.3) is 0 Å². The molecule has 0 radical (unpaired) electrons. The topological polar surface area (TPSA) is 67.4 Å². The van der Waals surface area contributed by atoms with E-state index in [0.29, 0.717) is 29.1 Å². The van der Waals surface area contributed by atoms with Crippen molar-refractivity contribution < 1.29 is 14.3 Å². The summed E-state index contributed by atoms with van der Waals surface area (Å²) in [4.78, 5) is 24.0. The average Bonchev–Trinajstić information content (AvgIpc) is 2.57. The van der Waals surface area contributed by atoms with E-state index >= 15 is 0 Å². The molecule has 2 amide bonds. The maximum Gasteiger partial charge on any atom is 0.259 e. The third-order valence-corrected chi connectivity index (χ3v) is 3.79. The molecule has 0 bridgehead atoms. The van der Waals surface area contributed by atoms with Crippen LogP contribution in [0.4, 0.5) is 11.4 Å². The highest BCUT2D eigenvalue weighted by Crippen LogP contribution is 2.25. The summed E-state index contributed by atoms with van der Waals surface area (Å²) in [6, 6.07) is 12.3. The molecule has 0 heterocycles. The van der Waals surface area contributed by atoms with Crippen LogP contribution in [0.2, 0.25) is 0 Å². The average molecular weight is 405 g/mol. The summed E-state index contributed by atoms with van der Waals surface area (Å²) in [6.07, 6.45) is 0.384. The molecule has 2 aromatic carbocycles. The highest BCUT2D eigenvalue weighted by atomic mass is 79.9. The lowest BCUT2D eigenvalue weighted by atomic mass is 10.1. The quantitative estimate of drug-likeness (QED) is 0.723. The number of anilines is 2. The van der Waals surface area contributed by atoms with E-state index in [1.165, 1.54) is 0 Å². The summed E-state index contributed by atoms with van der Waals surface area (Å²) in [7, 11) is 0. The minimum atomic E-state index is -0.262. The third-order valence-electron chi connectivity index (χ3n) is 3.30. The van der Waals surface area contributed by atoms with E-state index < -0.39 is 0 Å². The van der Waals surface area contributed by atoms with Gasteiger partial charge in [-0.25, -0.2) is 0 Å². The van der Waals surface area contributed by atoms with Crippen LogP contribution in [0.3, 0.4) is 0 Å². The van der Waals surface area contributed by atoms with Crippen molar-refractivity contribution in [2.24, 2.45) is 0 Å². The maximum absolute atomic E-state index is 12.6. The van der Waals surface area contributed by atoms with Gasteiger partial charge in [0.2, 0.25) is 5.91 Å². The van der Waals surface area contributed by atoms with Crippen molar-refractivity contribution in [3.63, 3.8) is 0 Å². The van der Waals surface area contributed by atoms with E-state index in [-0.39, 0.29) is 17.9 Å². The van der Waals surface area contributed by atoms with Crippen molar-refractivity contribution in [1.82, 2.24) is 0 Å². The predicted molar refractivity (Wildman–Crippen MR) is 103 cm³/mol. The molecule has 0 saturated carbocycles. The van der Waals surface area contributed by atoms with Crippen molar-refractivity contribution in [3.05, 3.63) is 52.5 Å². The van der Waals surface area contributed by atoms with Gasteiger partial charge in [-0.3, -0.25) is 9.59 Å². The van der Waals surface area contributed by atoms with Gasteiger partial charge >= 0.3 is 0 Å². The van der Waals surface area contributed by atoms with Gasteiger partial charge in [0, 0.05) is 22.3 Å². The van der Waals surface area contributed by atoms with Gasteiger partial charge in [0.15, 0.2) is 0 Å². The lowest BCUT2D eigenvalue weighted by Crippen LogP contribution is -2.16. The molecule has 0 aliphatic rings. The van der Waals surface area contributed by atoms with Crippen LogP contribution in [-0.4, -0.2) is 17.9 Å². The molecule has 6 heteroatoms. The summed E-state index contributed by atoms with van der Waals surface area (Å²) in [5.74, 6) is 0.214. The van der Waals surface area contributed by atoms with Gasteiger partial charge in [-0.1, -0.05) is 22.9 Å².